The summed E-state index contributed by atoms with van der Waals surface area (Å²) in [7, 11) is 1.94. The quantitative estimate of drug-likeness (QED) is 0.650. The van der Waals surface area contributed by atoms with Crippen LogP contribution in [0.25, 0.3) is 10.9 Å². The van der Waals surface area contributed by atoms with Gasteiger partial charge in [-0.1, -0.05) is 0 Å². The first-order valence-corrected chi connectivity index (χ1v) is 10.3. The molecule has 0 bridgehead atoms. The molecule has 0 spiro atoms. The van der Waals surface area contributed by atoms with Gasteiger partial charge in [0.2, 0.25) is 0 Å². The normalized spacial score (nSPS) is 17.1. The molecule has 1 aromatic heterocycles. The maximum Gasteiger partial charge on any atom is 0.253 e. The second-order valence-corrected chi connectivity index (χ2v) is 8.25. The summed E-state index contributed by atoms with van der Waals surface area (Å²) in [6, 6.07) is 10.3. The number of halogens is 1. The molecule has 3 aromatic rings. The van der Waals surface area contributed by atoms with Crippen molar-refractivity contribution in [3.8, 4) is 5.75 Å². The number of rotatable bonds is 2. The third-order valence-electron chi connectivity index (χ3n) is 6.29. The largest absolute Gasteiger partial charge is 0.486 e. The number of aromatic nitrogens is 1. The molecule has 3 heterocycles. The van der Waals surface area contributed by atoms with E-state index in [1.807, 2.05) is 22.6 Å². The summed E-state index contributed by atoms with van der Waals surface area (Å²) in [6.45, 7) is 1.45. The highest BCUT2D eigenvalue weighted by Crippen LogP contribution is 2.35. The summed E-state index contributed by atoms with van der Waals surface area (Å²) in [4.78, 5) is 26.6. The van der Waals surface area contributed by atoms with Gasteiger partial charge in [0.05, 0.1) is 5.52 Å². The van der Waals surface area contributed by atoms with Gasteiger partial charge in [0.25, 0.3) is 5.91 Å². The average molecular weight is 406 g/mol. The van der Waals surface area contributed by atoms with Gasteiger partial charge < -0.3 is 14.2 Å². The minimum atomic E-state index is -0.229. The van der Waals surface area contributed by atoms with Crippen molar-refractivity contribution in [2.24, 2.45) is 7.05 Å². The molecule has 2 aromatic carbocycles. The molecule has 30 heavy (non-hydrogen) atoms. The monoisotopic (exact) mass is 406 g/mol. The van der Waals surface area contributed by atoms with Crippen molar-refractivity contribution in [2.45, 2.75) is 25.2 Å². The van der Waals surface area contributed by atoms with Crippen LogP contribution in [-0.4, -0.2) is 40.9 Å². The van der Waals surface area contributed by atoms with E-state index in [1.54, 1.807) is 24.3 Å². The van der Waals surface area contributed by atoms with Gasteiger partial charge in [-0.25, -0.2) is 4.39 Å². The van der Waals surface area contributed by atoms with Gasteiger partial charge in [0.15, 0.2) is 5.78 Å². The molecular weight excluding hydrogens is 383 g/mol. The molecule has 0 N–H and O–H groups in total. The first-order valence-electron chi connectivity index (χ1n) is 10.3. The lowest BCUT2D eigenvalue weighted by atomic mass is 9.89. The van der Waals surface area contributed by atoms with Crippen molar-refractivity contribution in [3.05, 3.63) is 65.1 Å². The maximum atomic E-state index is 13.6. The number of fused-ring (bicyclic) bond motifs is 2. The zero-order chi connectivity index (χ0) is 20.8. The number of carbonyl (C=O) groups is 2. The Balaban J connectivity index is 1.31. The highest BCUT2D eigenvalue weighted by molar-refractivity contribution is 5.95. The number of nitrogens with zero attached hydrogens (tertiary/aromatic N) is 2. The van der Waals surface area contributed by atoms with Gasteiger partial charge in [-0.2, -0.15) is 0 Å². The fourth-order valence-corrected chi connectivity index (χ4v) is 4.70. The van der Waals surface area contributed by atoms with Crippen LogP contribution in [0.15, 0.2) is 42.6 Å². The Morgan fingerprint density at radius 1 is 1.13 bits per heavy atom. The van der Waals surface area contributed by atoms with Crippen molar-refractivity contribution in [3.63, 3.8) is 0 Å². The number of likely N-dealkylation sites (tertiary alicyclic amines) is 1. The first-order chi connectivity index (χ1) is 14.5. The minimum absolute atomic E-state index is 0.00531. The molecule has 0 saturated carbocycles. The van der Waals surface area contributed by atoms with E-state index in [0.717, 1.165) is 29.3 Å². The lowest BCUT2D eigenvalue weighted by Gasteiger charge is -2.32. The Hall–Kier alpha value is -3.15. The molecule has 0 atom stereocenters. The molecule has 154 valence electrons. The van der Waals surface area contributed by atoms with E-state index in [1.165, 1.54) is 11.6 Å². The number of carbonyl (C=O) groups excluding carboxylic acids is 2. The van der Waals surface area contributed by atoms with E-state index >= 15 is 0 Å². The van der Waals surface area contributed by atoms with Gasteiger partial charge in [0.1, 0.15) is 18.2 Å². The highest BCUT2D eigenvalue weighted by Gasteiger charge is 2.27. The molecule has 6 heteroatoms. The molecule has 1 saturated heterocycles. The number of benzene rings is 2. The predicted octanol–water partition coefficient (Wildman–Crippen LogP) is 3.84. The van der Waals surface area contributed by atoms with Gasteiger partial charge in [-0.05, 0) is 60.7 Å². The lowest BCUT2D eigenvalue weighted by molar-refractivity contribution is -0.121. The second kappa shape index (κ2) is 7.27. The zero-order valence-electron chi connectivity index (χ0n) is 16.9. The molecule has 2 aliphatic rings. The fraction of sp³-hybridized carbons (Fsp3) is 0.333. The van der Waals surface area contributed by atoms with Crippen LogP contribution in [0.2, 0.25) is 0 Å². The number of hydrogen-bond acceptors (Lipinski definition) is 3. The van der Waals surface area contributed by atoms with Crippen LogP contribution < -0.4 is 4.74 Å². The topological polar surface area (TPSA) is 51.5 Å². The first kappa shape index (κ1) is 18.9. The number of aryl methyl sites for hydroxylation is 1. The Morgan fingerprint density at radius 2 is 1.93 bits per heavy atom. The van der Waals surface area contributed by atoms with Gasteiger partial charge in [0, 0.05) is 49.3 Å². The maximum absolute atomic E-state index is 13.6. The molecule has 2 aliphatic heterocycles. The summed E-state index contributed by atoms with van der Waals surface area (Å²) >= 11 is 0. The number of hydrogen-bond donors (Lipinski definition) is 0. The van der Waals surface area contributed by atoms with Gasteiger partial charge in [-0.15, -0.1) is 0 Å². The molecule has 1 fully saturated rings. The summed E-state index contributed by atoms with van der Waals surface area (Å²) in [5, 5.41) is 1.09. The van der Waals surface area contributed by atoms with E-state index in [9.17, 15) is 14.0 Å². The SMILES string of the molecule is Cn1cc(C2CCN(C(=O)c3ccc4c(c3)CC(=O)CO4)CC2)c2ccc(F)cc21. The number of Topliss-reactive ketones (excluding diaryl/α,β-unsaturated/α-hetero) is 1. The summed E-state index contributed by atoms with van der Waals surface area (Å²) in [5.74, 6) is 0.833. The van der Waals surface area contributed by atoms with Crippen molar-refractivity contribution >= 4 is 22.6 Å². The molecule has 0 unspecified atom stereocenters. The Kier molecular flexibility index (Phi) is 4.57. The van der Waals surface area contributed by atoms with E-state index < -0.39 is 0 Å². The van der Waals surface area contributed by atoms with Crippen molar-refractivity contribution in [2.75, 3.05) is 19.7 Å². The van der Waals surface area contributed by atoms with E-state index in [0.29, 0.717) is 36.7 Å². The van der Waals surface area contributed by atoms with Crippen LogP contribution in [0.3, 0.4) is 0 Å². The number of ketones is 1. The van der Waals surface area contributed by atoms with Crippen LogP contribution in [0.1, 0.15) is 40.2 Å². The molecule has 0 aliphatic carbocycles. The number of amides is 1. The van der Waals surface area contributed by atoms with Crippen LogP contribution in [0.4, 0.5) is 4.39 Å². The standard InChI is InChI=1S/C24H23FN2O3/c1-26-13-21(20-4-3-18(25)12-22(20)26)15-6-8-27(9-7-15)24(29)16-2-5-23-17(10-16)11-19(28)14-30-23/h2-5,10,12-13,15H,6-9,11,14H2,1H3. The van der Waals surface area contributed by atoms with Gasteiger partial charge >= 0.3 is 0 Å². The highest BCUT2D eigenvalue weighted by atomic mass is 19.1. The Bertz CT molecular complexity index is 1160. The smallest absolute Gasteiger partial charge is 0.253 e. The zero-order valence-corrected chi connectivity index (χ0v) is 16.9. The van der Waals surface area contributed by atoms with Crippen molar-refractivity contribution in [1.29, 1.82) is 0 Å². The molecule has 1 amide bonds. The third kappa shape index (κ3) is 3.26. The molecule has 5 nitrogen and oxygen atoms in total. The van der Waals surface area contributed by atoms with Crippen LogP contribution >= 0.6 is 0 Å². The Labute approximate surface area is 174 Å². The average Bonchev–Trinajstić information content (AvgIpc) is 3.08. The van der Waals surface area contributed by atoms with Crippen LogP contribution in [-0.2, 0) is 18.3 Å². The summed E-state index contributed by atoms with van der Waals surface area (Å²) < 4.78 is 21.0. The fourth-order valence-electron chi connectivity index (χ4n) is 4.70. The lowest BCUT2D eigenvalue weighted by Crippen LogP contribution is -2.38. The third-order valence-corrected chi connectivity index (χ3v) is 6.29. The van der Waals surface area contributed by atoms with Crippen LogP contribution in [0, 0.1) is 5.82 Å². The minimum Gasteiger partial charge on any atom is -0.486 e. The number of piperidine rings is 1. The number of ether oxygens (including phenoxy) is 1. The van der Waals surface area contributed by atoms with Crippen LogP contribution in [0.5, 0.6) is 5.75 Å². The van der Waals surface area contributed by atoms with Gasteiger partial charge in [-0.3, -0.25) is 9.59 Å². The summed E-state index contributed by atoms with van der Waals surface area (Å²) in [6.07, 6.45) is 4.15. The summed E-state index contributed by atoms with van der Waals surface area (Å²) in [5.41, 5.74) is 3.51. The molecular formula is C24H23FN2O3. The predicted molar refractivity (Wildman–Crippen MR) is 111 cm³/mol. The second-order valence-electron chi connectivity index (χ2n) is 8.25. The Morgan fingerprint density at radius 3 is 2.73 bits per heavy atom. The molecule has 5 rings (SSSR count). The van der Waals surface area contributed by atoms with E-state index in [4.69, 9.17) is 4.74 Å². The van der Waals surface area contributed by atoms with Crippen molar-refractivity contribution in [1.82, 2.24) is 9.47 Å². The van der Waals surface area contributed by atoms with Crippen molar-refractivity contribution < 1.29 is 18.7 Å². The van der Waals surface area contributed by atoms with E-state index in [-0.39, 0.29) is 24.1 Å². The molecule has 0 radical (unpaired) electrons. The van der Waals surface area contributed by atoms with E-state index in [2.05, 4.69) is 6.20 Å².